The third-order valence-electron chi connectivity index (χ3n) is 4.82. The van der Waals surface area contributed by atoms with E-state index in [1.165, 1.54) is 23.1 Å². The molecule has 2 N–H and O–H groups in total. The summed E-state index contributed by atoms with van der Waals surface area (Å²) in [6.45, 7) is 1.86. The van der Waals surface area contributed by atoms with E-state index in [-0.39, 0.29) is 30.7 Å². The maximum absolute atomic E-state index is 13.9. The number of rotatable bonds is 6. The van der Waals surface area contributed by atoms with Crippen LogP contribution in [-0.2, 0) is 14.4 Å². The molecule has 2 aromatic carbocycles. The molecule has 3 rings (SSSR count). The summed E-state index contributed by atoms with van der Waals surface area (Å²) in [4.78, 5) is 37.4. The predicted octanol–water partition coefficient (Wildman–Crippen LogP) is 3.42. The Labute approximate surface area is 166 Å². The standard InChI is InChI=1S/C22H20FNO5/c1-13-7-9-14(10-8-13)20(27)18-19(15-4-2-5-16(23)12-15)24(22(29)21(18)28)11-3-6-17(25)26/h2,4-5,7-10,12,19,27H,3,6,11H2,1H3,(H,25,26)/b20-18+. The molecule has 0 saturated carbocycles. The highest BCUT2D eigenvalue weighted by atomic mass is 19.1. The van der Waals surface area contributed by atoms with Gasteiger partial charge in [0.15, 0.2) is 0 Å². The lowest BCUT2D eigenvalue weighted by Gasteiger charge is -2.25. The zero-order valence-electron chi connectivity index (χ0n) is 15.8. The molecule has 150 valence electrons. The Hall–Kier alpha value is -3.48. The maximum atomic E-state index is 13.9. The summed E-state index contributed by atoms with van der Waals surface area (Å²) in [5.41, 5.74) is 1.51. The molecule has 1 fully saturated rings. The first-order chi connectivity index (χ1) is 13.8. The minimum Gasteiger partial charge on any atom is -0.507 e. The Morgan fingerprint density at radius 3 is 2.41 bits per heavy atom. The predicted molar refractivity (Wildman–Crippen MR) is 103 cm³/mol. The van der Waals surface area contributed by atoms with Crippen LogP contribution in [0.1, 0.15) is 35.6 Å². The van der Waals surface area contributed by atoms with Crippen molar-refractivity contribution in [1.82, 2.24) is 4.90 Å². The number of ketones is 1. The Kier molecular flexibility index (Phi) is 5.77. The molecule has 0 spiro atoms. The molecular formula is C22H20FNO5. The fourth-order valence-electron chi connectivity index (χ4n) is 3.40. The fourth-order valence-corrected chi connectivity index (χ4v) is 3.40. The second-order valence-electron chi connectivity index (χ2n) is 6.91. The number of benzene rings is 2. The van der Waals surface area contributed by atoms with Crippen LogP contribution in [0.3, 0.4) is 0 Å². The van der Waals surface area contributed by atoms with E-state index in [0.29, 0.717) is 11.1 Å². The van der Waals surface area contributed by atoms with Crippen molar-refractivity contribution in [3.63, 3.8) is 0 Å². The van der Waals surface area contributed by atoms with Crippen LogP contribution < -0.4 is 0 Å². The van der Waals surface area contributed by atoms with E-state index >= 15 is 0 Å². The summed E-state index contributed by atoms with van der Waals surface area (Å²) in [6, 6.07) is 11.2. The number of carboxylic acids is 1. The van der Waals surface area contributed by atoms with Gasteiger partial charge in [0.05, 0.1) is 11.6 Å². The Bertz CT molecular complexity index is 997. The SMILES string of the molecule is Cc1ccc(/C(O)=C2\C(=O)C(=O)N(CCCC(=O)O)C2c2cccc(F)c2)cc1. The molecule has 0 bridgehead atoms. The summed E-state index contributed by atoms with van der Waals surface area (Å²) in [7, 11) is 0. The number of likely N-dealkylation sites (tertiary alicyclic amines) is 1. The van der Waals surface area contributed by atoms with Crippen molar-refractivity contribution in [2.45, 2.75) is 25.8 Å². The zero-order valence-corrected chi connectivity index (χ0v) is 15.8. The van der Waals surface area contributed by atoms with Gasteiger partial charge in [0.25, 0.3) is 11.7 Å². The van der Waals surface area contributed by atoms with Gasteiger partial charge in [0.2, 0.25) is 0 Å². The van der Waals surface area contributed by atoms with Crippen molar-refractivity contribution in [3.8, 4) is 0 Å². The molecular weight excluding hydrogens is 377 g/mol. The average Bonchev–Trinajstić information content (AvgIpc) is 2.93. The third kappa shape index (κ3) is 4.18. The molecule has 6 nitrogen and oxygen atoms in total. The average molecular weight is 397 g/mol. The van der Waals surface area contributed by atoms with Crippen LogP contribution in [0.2, 0.25) is 0 Å². The van der Waals surface area contributed by atoms with E-state index < -0.39 is 29.5 Å². The largest absolute Gasteiger partial charge is 0.507 e. The van der Waals surface area contributed by atoms with Gasteiger partial charge in [-0.15, -0.1) is 0 Å². The van der Waals surface area contributed by atoms with E-state index in [9.17, 15) is 23.9 Å². The van der Waals surface area contributed by atoms with Crippen LogP contribution in [0.15, 0.2) is 54.1 Å². The summed E-state index contributed by atoms with van der Waals surface area (Å²) in [5.74, 6) is -3.65. The van der Waals surface area contributed by atoms with Gasteiger partial charge in [-0.3, -0.25) is 14.4 Å². The van der Waals surface area contributed by atoms with Crippen LogP contribution in [0, 0.1) is 12.7 Å². The van der Waals surface area contributed by atoms with E-state index in [1.54, 1.807) is 30.3 Å². The van der Waals surface area contributed by atoms with Gasteiger partial charge in [-0.05, 0) is 31.0 Å². The summed E-state index contributed by atoms with van der Waals surface area (Å²) < 4.78 is 13.9. The molecule has 0 aromatic heterocycles. The minimum atomic E-state index is -1.02. The Morgan fingerprint density at radius 1 is 1.10 bits per heavy atom. The second-order valence-corrected chi connectivity index (χ2v) is 6.91. The number of carbonyl (C=O) groups excluding carboxylic acids is 2. The van der Waals surface area contributed by atoms with Crippen LogP contribution in [-0.4, -0.2) is 39.3 Å². The second kappa shape index (κ2) is 8.26. The van der Waals surface area contributed by atoms with Gasteiger partial charge in [-0.1, -0.05) is 42.0 Å². The number of hydrogen-bond donors (Lipinski definition) is 2. The molecule has 1 amide bonds. The number of aliphatic carboxylic acids is 1. The van der Waals surface area contributed by atoms with Crippen molar-refractivity contribution in [1.29, 1.82) is 0 Å². The highest BCUT2D eigenvalue weighted by Crippen LogP contribution is 2.39. The zero-order chi connectivity index (χ0) is 21.1. The molecule has 1 aliphatic heterocycles. The Balaban J connectivity index is 2.10. The monoisotopic (exact) mass is 397 g/mol. The first-order valence-corrected chi connectivity index (χ1v) is 9.12. The van der Waals surface area contributed by atoms with Gasteiger partial charge >= 0.3 is 5.97 Å². The van der Waals surface area contributed by atoms with Crippen molar-refractivity contribution in [2.24, 2.45) is 0 Å². The highest BCUT2D eigenvalue weighted by molar-refractivity contribution is 6.46. The van der Waals surface area contributed by atoms with Crippen LogP contribution in [0.4, 0.5) is 4.39 Å². The molecule has 29 heavy (non-hydrogen) atoms. The number of carboxylic acid groups (broad SMARTS) is 1. The Morgan fingerprint density at radius 2 is 1.79 bits per heavy atom. The minimum absolute atomic E-state index is 0.0112. The van der Waals surface area contributed by atoms with Crippen molar-refractivity contribution >= 4 is 23.4 Å². The summed E-state index contributed by atoms with van der Waals surface area (Å²) in [5, 5.41) is 19.7. The quantitative estimate of drug-likeness (QED) is 0.442. The topological polar surface area (TPSA) is 94.9 Å². The number of aryl methyl sites for hydroxylation is 1. The van der Waals surface area contributed by atoms with Crippen LogP contribution >= 0.6 is 0 Å². The summed E-state index contributed by atoms with van der Waals surface area (Å²) >= 11 is 0. The lowest BCUT2D eigenvalue weighted by Crippen LogP contribution is -2.31. The molecule has 1 aliphatic rings. The molecule has 1 heterocycles. The van der Waals surface area contributed by atoms with Crippen molar-refractivity contribution < 1.29 is 29.0 Å². The number of amides is 1. The first kappa shape index (κ1) is 20.3. The van der Waals surface area contributed by atoms with Crippen molar-refractivity contribution in [3.05, 3.63) is 76.6 Å². The van der Waals surface area contributed by atoms with E-state index in [0.717, 1.165) is 5.56 Å². The molecule has 1 atom stereocenters. The number of aliphatic hydroxyl groups excluding tert-OH is 1. The third-order valence-corrected chi connectivity index (χ3v) is 4.82. The van der Waals surface area contributed by atoms with Gasteiger partial charge in [0.1, 0.15) is 11.6 Å². The lowest BCUT2D eigenvalue weighted by atomic mass is 9.95. The first-order valence-electron chi connectivity index (χ1n) is 9.12. The number of halogens is 1. The molecule has 2 aromatic rings. The number of hydrogen-bond acceptors (Lipinski definition) is 4. The molecule has 1 saturated heterocycles. The maximum Gasteiger partial charge on any atom is 0.303 e. The normalized spacial score (nSPS) is 18.3. The molecule has 1 unspecified atom stereocenters. The number of carbonyl (C=O) groups is 3. The smallest absolute Gasteiger partial charge is 0.303 e. The van der Waals surface area contributed by atoms with E-state index in [2.05, 4.69) is 0 Å². The van der Waals surface area contributed by atoms with E-state index in [4.69, 9.17) is 5.11 Å². The molecule has 7 heteroatoms. The fraction of sp³-hybridized carbons (Fsp3) is 0.227. The lowest BCUT2D eigenvalue weighted by molar-refractivity contribution is -0.140. The molecule has 0 radical (unpaired) electrons. The number of nitrogens with zero attached hydrogens (tertiary/aromatic N) is 1. The number of Topliss-reactive ketones (excluding diaryl/α,β-unsaturated/α-hetero) is 1. The van der Waals surface area contributed by atoms with Crippen molar-refractivity contribution in [2.75, 3.05) is 6.54 Å². The highest BCUT2D eigenvalue weighted by Gasteiger charge is 2.45. The van der Waals surface area contributed by atoms with Gasteiger partial charge in [-0.2, -0.15) is 0 Å². The molecule has 0 aliphatic carbocycles. The van der Waals surface area contributed by atoms with Gasteiger partial charge in [-0.25, -0.2) is 4.39 Å². The summed E-state index contributed by atoms with van der Waals surface area (Å²) in [6.07, 6.45) is -0.0599. The van der Waals surface area contributed by atoms with Gasteiger partial charge < -0.3 is 15.1 Å². The van der Waals surface area contributed by atoms with Crippen LogP contribution in [0.25, 0.3) is 5.76 Å². The van der Waals surface area contributed by atoms with Gasteiger partial charge in [0, 0.05) is 18.5 Å². The van der Waals surface area contributed by atoms with Crippen LogP contribution in [0.5, 0.6) is 0 Å². The van der Waals surface area contributed by atoms with E-state index in [1.807, 2.05) is 6.92 Å². The number of aliphatic hydroxyl groups is 1.